The second-order valence-corrected chi connectivity index (χ2v) is 9.13. The fourth-order valence-corrected chi connectivity index (χ4v) is 4.74. The summed E-state index contributed by atoms with van der Waals surface area (Å²) in [5.74, 6) is 0.419. The Kier molecular flexibility index (Phi) is 8.00. The van der Waals surface area contributed by atoms with E-state index in [-0.39, 0.29) is 29.5 Å². The van der Waals surface area contributed by atoms with Crippen molar-refractivity contribution in [2.75, 3.05) is 46.4 Å². The number of carbonyl (C=O) groups excluding carboxylic acids is 3. The number of aryl methyl sites for hydroxylation is 1. The number of amides is 3. The minimum absolute atomic E-state index is 0.107. The molecule has 3 amide bonds. The van der Waals surface area contributed by atoms with Gasteiger partial charge in [0.25, 0.3) is 5.91 Å². The summed E-state index contributed by atoms with van der Waals surface area (Å²) in [5, 5.41) is 0. The molecule has 0 bridgehead atoms. The van der Waals surface area contributed by atoms with Gasteiger partial charge in [0.1, 0.15) is 11.6 Å². The van der Waals surface area contributed by atoms with Gasteiger partial charge in [0.15, 0.2) is 0 Å². The normalized spacial score (nSPS) is 16.8. The molecule has 0 spiro atoms. The van der Waals surface area contributed by atoms with Crippen molar-refractivity contribution in [2.45, 2.75) is 25.7 Å². The number of carbonyl (C=O) groups is 3. The molecule has 0 N–H and O–H groups in total. The van der Waals surface area contributed by atoms with Gasteiger partial charge in [-0.05, 0) is 61.2 Å². The second-order valence-electron chi connectivity index (χ2n) is 9.13. The maximum Gasteiger partial charge on any atom is 0.253 e. The first-order valence-electron chi connectivity index (χ1n) is 12.2. The number of hydrogen-bond acceptors (Lipinski definition) is 4. The van der Waals surface area contributed by atoms with Crippen LogP contribution in [0.3, 0.4) is 0 Å². The first kappa shape index (κ1) is 24.7. The van der Waals surface area contributed by atoms with Crippen molar-refractivity contribution in [1.82, 2.24) is 14.7 Å². The van der Waals surface area contributed by atoms with Gasteiger partial charge in [0.05, 0.1) is 7.11 Å². The van der Waals surface area contributed by atoms with Crippen LogP contribution < -0.4 is 4.74 Å². The van der Waals surface area contributed by atoms with Crippen LogP contribution in [0.5, 0.6) is 5.75 Å². The van der Waals surface area contributed by atoms with E-state index in [0.717, 1.165) is 11.3 Å². The van der Waals surface area contributed by atoms with Gasteiger partial charge in [-0.2, -0.15) is 0 Å². The van der Waals surface area contributed by atoms with Crippen molar-refractivity contribution in [3.63, 3.8) is 0 Å². The van der Waals surface area contributed by atoms with E-state index in [4.69, 9.17) is 4.74 Å². The van der Waals surface area contributed by atoms with Gasteiger partial charge < -0.3 is 19.4 Å². The van der Waals surface area contributed by atoms with Crippen molar-refractivity contribution in [3.05, 3.63) is 65.5 Å². The molecule has 35 heavy (non-hydrogen) atoms. The van der Waals surface area contributed by atoms with Crippen molar-refractivity contribution in [3.8, 4) is 5.75 Å². The van der Waals surface area contributed by atoms with Crippen molar-refractivity contribution in [1.29, 1.82) is 0 Å². The lowest BCUT2D eigenvalue weighted by molar-refractivity contribution is -0.143. The highest BCUT2D eigenvalue weighted by Crippen LogP contribution is 2.22. The van der Waals surface area contributed by atoms with E-state index in [1.165, 1.54) is 24.3 Å². The molecule has 2 heterocycles. The van der Waals surface area contributed by atoms with E-state index < -0.39 is 0 Å². The number of benzene rings is 2. The summed E-state index contributed by atoms with van der Waals surface area (Å²) in [6.45, 7) is 3.21. The predicted molar refractivity (Wildman–Crippen MR) is 130 cm³/mol. The van der Waals surface area contributed by atoms with E-state index in [9.17, 15) is 18.8 Å². The topological polar surface area (TPSA) is 70.2 Å². The summed E-state index contributed by atoms with van der Waals surface area (Å²) in [6.07, 6.45) is 2.36. The molecule has 0 atom stereocenters. The highest BCUT2D eigenvalue weighted by Gasteiger charge is 2.32. The minimum atomic E-state index is -0.370. The maximum atomic E-state index is 13.1. The summed E-state index contributed by atoms with van der Waals surface area (Å²) < 4.78 is 18.3. The van der Waals surface area contributed by atoms with Crippen molar-refractivity contribution >= 4 is 17.7 Å². The van der Waals surface area contributed by atoms with Crippen LogP contribution in [0.1, 0.15) is 35.2 Å². The van der Waals surface area contributed by atoms with Crippen LogP contribution in [0.25, 0.3) is 0 Å². The Morgan fingerprint density at radius 2 is 1.43 bits per heavy atom. The number of methoxy groups -OCH3 is 1. The Bertz CT molecular complexity index is 1030. The SMILES string of the molecule is COc1ccc(CCC(=O)N2CCN(C(=O)C3CCN(C(=O)c4ccc(F)cc4)CC3)CC2)cc1. The highest BCUT2D eigenvalue weighted by molar-refractivity contribution is 5.94. The molecular formula is C27H32FN3O4. The lowest BCUT2D eigenvalue weighted by atomic mass is 9.94. The molecule has 0 unspecified atom stereocenters. The predicted octanol–water partition coefficient (Wildman–Crippen LogP) is 2.99. The Morgan fingerprint density at radius 1 is 0.829 bits per heavy atom. The van der Waals surface area contributed by atoms with Gasteiger partial charge in [-0.25, -0.2) is 4.39 Å². The summed E-state index contributed by atoms with van der Waals surface area (Å²) in [7, 11) is 1.63. The molecule has 186 valence electrons. The Balaban J connectivity index is 1.19. The standard InChI is InChI=1S/C27H32FN3O4/c1-35-24-9-2-20(3-10-24)4-11-25(32)29-16-18-31(19-17-29)27(34)22-12-14-30(15-13-22)26(33)21-5-7-23(28)8-6-21/h2-3,5-10,22H,4,11-19H2,1H3. The van der Waals surface area contributed by atoms with Crippen molar-refractivity contribution < 1.29 is 23.5 Å². The van der Waals surface area contributed by atoms with Gasteiger partial charge in [-0.15, -0.1) is 0 Å². The molecule has 0 aliphatic carbocycles. The van der Waals surface area contributed by atoms with Crippen molar-refractivity contribution in [2.24, 2.45) is 5.92 Å². The number of likely N-dealkylation sites (tertiary alicyclic amines) is 1. The molecule has 2 saturated heterocycles. The first-order valence-corrected chi connectivity index (χ1v) is 12.2. The molecule has 0 aromatic heterocycles. The number of nitrogens with zero attached hydrogens (tertiary/aromatic N) is 3. The lowest BCUT2D eigenvalue weighted by Crippen LogP contribution is -2.53. The molecule has 7 nitrogen and oxygen atoms in total. The molecule has 0 saturated carbocycles. The van der Waals surface area contributed by atoms with Crippen LogP contribution in [-0.2, 0) is 16.0 Å². The molecule has 4 rings (SSSR count). The maximum absolute atomic E-state index is 13.1. The van der Waals surface area contributed by atoms with Crippen LogP contribution in [0.2, 0.25) is 0 Å². The number of piperazine rings is 1. The summed E-state index contributed by atoms with van der Waals surface area (Å²) in [5.41, 5.74) is 1.56. The Hall–Kier alpha value is -3.42. The largest absolute Gasteiger partial charge is 0.497 e. The molecule has 0 radical (unpaired) electrons. The van der Waals surface area contributed by atoms with Crippen LogP contribution in [0.15, 0.2) is 48.5 Å². The molecule has 8 heteroatoms. The number of hydrogen-bond donors (Lipinski definition) is 0. The second kappa shape index (κ2) is 11.3. The van der Waals surface area contributed by atoms with E-state index in [0.29, 0.717) is 70.5 Å². The average molecular weight is 482 g/mol. The fraction of sp³-hybridized carbons (Fsp3) is 0.444. The monoisotopic (exact) mass is 481 g/mol. The van der Waals surface area contributed by atoms with Crippen LogP contribution in [-0.4, -0.2) is 78.8 Å². The van der Waals surface area contributed by atoms with E-state index in [1.807, 2.05) is 34.1 Å². The van der Waals surface area contributed by atoms with Crippen LogP contribution in [0, 0.1) is 11.7 Å². The summed E-state index contributed by atoms with van der Waals surface area (Å²) in [6, 6.07) is 13.3. The van der Waals surface area contributed by atoms with Gasteiger partial charge in [0.2, 0.25) is 11.8 Å². The first-order chi connectivity index (χ1) is 16.9. The van der Waals surface area contributed by atoms with E-state index in [2.05, 4.69) is 0 Å². The molecule has 2 aliphatic heterocycles. The molecule has 2 fully saturated rings. The Morgan fingerprint density at radius 3 is 2.03 bits per heavy atom. The number of ether oxygens (including phenoxy) is 1. The van der Waals surface area contributed by atoms with Gasteiger partial charge in [-0.1, -0.05) is 12.1 Å². The zero-order chi connectivity index (χ0) is 24.8. The average Bonchev–Trinajstić information content (AvgIpc) is 2.92. The smallest absolute Gasteiger partial charge is 0.253 e. The van der Waals surface area contributed by atoms with Gasteiger partial charge >= 0.3 is 0 Å². The third-order valence-electron chi connectivity index (χ3n) is 6.95. The molecular weight excluding hydrogens is 449 g/mol. The van der Waals surface area contributed by atoms with Gasteiger partial charge in [0, 0.05) is 57.2 Å². The minimum Gasteiger partial charge on any atom is -0.497 e. The number of rotatable bonds is 6. The number of piperidine rings is 1. The van der Waals surface area contributed by atoms with Crippen LogP contribution in [0.4, 0.5) is 4.39 Å². The summed E-state index contributed by atoms with van der Waals surface area (Å²) in [4.78, 5) is 43.8. The zero-order valence-electron chi connectivity index (χ0n) is 20.1. The third kappa shape index (κ3) is 6.18. The third-order valence-corrected chi connectivity index (χ3v) is 6.95. The quantitative estimate of drug-likeness (QED) is 0.636. The number of halogens is 1. The highest BCUT2D eigenvalue weighted by atomic mass is 19.1. The van der Waals surface area contributed by atoms with Crippen LogP contribution >= 0.6 is 0 Å². The molecule has 2 aromatic rings. The summed E-state index contributed by atoms with van der Waals surface area (Å²) >= 11 is 0. The fourth-order valence-electron chi connectivity index (χ4n) is 4.74. The molecule has 2 aliphatic rings. The lowest BCUT2D eigenvalue weighted by Gasteiger charge is -2.38. The van der Waals surface area contributed by atoms with E-state index in [1.54, 1.807) is 12.0 Å². The zero-order valence-corrected chi connectivity index (χ0v) is 20.1. The Labute approximate surface area is 205 Å². The molecule has 2 aromatic carbocycles. The van der Waals surface area contributed by atoms with Gasteiger partial charge in [-0.3, -0.25) is 14.4 Å². The van der Waals surface area contributed by atoms with E-state index >= 15 is 0 Å².